The molecule has 0 amide bonds. The third kappa shape index (κ3) is 1.97. The number of likely N-dealkylation sites (N-methyl/N-ethyl adjacent to an activating group) is 1. The monoisotopic (exact) mass is 245 g/mol. The summed E-state index contributed by atoms with van der Waals surface area (Å²) in [5, 5.41) is 0. The van der Waals surface area contributed by atoms with Gasteiger partial charge in [-0.2, -0.15) is 0 Å². The molecule has 18 heavy (non-hydrogen) atoms. The number of methoxy groups -OCH3 is 1. The molecule has 0 unspecified atom stereocenters. The highest BCUT2D eigenvalue weighted by molar-refractivity contribution is 5.81. The van der Waals surface area contributed by atoms with E-state index in [-0.39, 0.29) is 0 Å². The van der Waals surface area contributed by atoms with Crippen LogP contribution in [0.2, 0.25) is 0 Å². The third-order valence-electron chi connectivity index (χ3n) is 3.73. The Kier molecular flexibility index (Phi) is 2.96. The molecule has 2 aromatic rings. The number of aromatic nitrogens is 2. The number of aromatic amines is 1. The van der Waals surface area contributed by atoms with E-state index in [1.165, 1.54) is 19.4 Å². The topological polar surface area (TPSA) is 41.1 Å². The second kappa shape index (κ2) is 4.61. The minimum atomic E-state index is 0.515. The summed E-state index contributed by atoms with van der Waals surface area (Å²) in [6.07, 6.45) is 2.46. The van der Waals surface area contributed by atoms with Crippen molar-refractivity contribution >= 4 is 11.0 Å². The average molecular weight is 245 g/mol. The fraction of sp³-hybridized carbons (Fsp3) is 0.500. The molecule has 0 saturated carbocycles. The lowest BCUT2D eigenvalue weighted by Crippen LogP contribution is -2.31. The van der Waals surface area contributed by atoms with E-state index in [0.29, 0.717) is 5.92 Å². The maximum absolute atomic E-state index is 5.36. The maximum atomic E-state index is 5.36. The van der Waals surface area contributed by atoms with Crippen LogP contribution in [-0.2, 0) is 0 Å². The van der Waals surface area contributed by atoms with Crippen molar-refractivity contribution in [1.29, 1.82) is 0 Å². The number of nitrogens with one attached hydrogen (secondary N) is 1. The molecule has 1 aromatic carbocycles. The lowest BCUT2D eigenvalue weighted by molar-refractivity contribution is 0.246. The molecule has 96 valence electrons. The van der Waals surface area contributed by atoms with E-state index in [1.54, 1.807) is 7.11 Å². The lowest BCUT2D eigenvalue weighted by atomic mass is 9.98. The fourth-order valence-electron chi connectivity index (χ4n) is 2.77. The van der Waals surface area contributed by atoms with Gasteiger partial charge in [0.2, 0.25) is 0 Å². The number of rotatable bonds is 2. The standard InChI is InChI=1S/C14H19N3O/c1-17-8-4-5-10(9-17)14-15-11-6-3-7-12(18-2)13(11)16-14/h3,6-7,10H,4-5,8-9H2,1-2H3,(H,15,16)/t10-/m1/s1. The lowest BCUT2D eigenvalue weighted by Gasteiger charge is -2.28. The highest BCUT2D eigenvalue weighted by atomic mass is 16.5. The Balaban J connectivity index is 1.97. The molecule has 1 aliphatic rings. The predicted octanol–water partition coefficient (Wildman–Crippen LogP) is 2.38. The first-order chi connectivity index (χ1) is 8.78. The summed E-state index contributed by atoms with van der Waals surface area (Å²) in [6, 6.07) is 6.01. The molecule has 1 N–H and O–H groups in total. The number of fused-ring (bicyclic) bond motifs is 1. The van der Waals surface area contributed by atoms with Gasteiger partial charge in [0.1, 0.15) is 17.1 Å². The summed E-state index contributed by atoms with van der Waals surface area (Å²) in [4.78, 5) is 10.6. The van der Waals surface area contributed by atoms with E-state index in [4.69, 9.17) is 9.72 Å². The van der Waals surface area contributed by atoms with Gasteiger partial charge in [0.25, 0.3) is 0 Å². The molecule has 2 heterocycles. The van der Waals surface area contributed by atoms with E-state index < -0.39 is 0 Å². The number of para-hydroxylation sites is 1. The van der Waals surface area contributed by atoms with Crippen molar-refractivity contribution in [2.75, 3.05) is 27.2 Å². The zero-order valence-corrected chi connectivity index (χ0v) is 10.9. The van der Waals surface area contributed by atoms with Crippen molar-refractivity contribution in [3.63, 3.8) is 0 Å². The van der Waals surface area contributed by atoms with Crippen LogP contribution >= 0.6 is 0 Å². The van der Waals surface area contributed by atoms with Crippen molar-refractivity contribution in [2.24, 2.45) is 0 Å². The largest absolute Gasteiger partial charge is 0.494 e. The molecule has 1 aromatic heterocycles. The maximum Gasteiger partial charge on any atom is 0.146 e. The smallest absolute Gasteiger partial charge is 0.146 e. The minimum Gasteiger partial charge on any atom is -0.494 e. The number of benzene rings is 1. The minimum absolute atomic E-state index is 0.515. The Hall–Kier alpha value is -1.55. The summed E-state index contributed by atoms with van der Waals surface area (Å²) in [5.41, 5.74) is 2.01. The number of ether oxygens (including phenoxy) is 1. The van der Waals surface area contributed by atoms with Crippen LogP contribution in [0.25, 0.3) is 11.0 Å². The van der Waals surface area contributed by atoms with Crippen LogP contribution in [0.15, 0.2) is 18.2 Å². The van der Waals surface area contributed by atoms with Gasteiger partial charge >= 0.3 is 0 Å². The first-order valence-electron chi connectivity index (χ1n) is 6.49. The normalized spacial score (nSPS) is 21.3. The number of piperidine rings is 1. The van der Waals surface area contributed by atoms with E-state index in [9.17, 15) is 0 Å². The second-order valence-corrected chi connectivity index (χ2v) is 5.08. The number of likely N-dealkylation sites (tertiary alicyclic amines) is 1. The van der Waals surface area contributed by atoms with Gasteiger partial charge in [-0.3, -0.25) is 0 Å². The summed E-state index contributed by atoms with van der Waals surface area (Å²) < 4.78 is 5.36. The van der Waals surface area contributed by atoms with Crippen LogP contribution in [0.4, 0.5) is 0 Å². The number of hydrogen-bond acceptors (Lipinski definition) is 3. The Bertz CT molecular complexity index is 549. The van der Waals surface area contributed by atoms with Gasteiger partial charge in [0.15, 0.2) is 0 Å². The van der Waals surface area contributed by atoms with Crippen LogP contribution in [0.3, 0.4) is 0 Å². The Labute approximate surface area is 107 Å². The molecule has 1 atom stereocenters. The molecule has 1 saturated heterocycles. The molecule has 4 nitrogen and oxygen atoms in total. The SMILES string of the molecule is COc1cccc2[nH]c([C@@H]3CCCN(C)C3)nc12. The van der Waals surface area contributed by atoms with E-state index >= 15 is 0 Å². The van der Waals surface area contributed by atoms with Crippen LogP contribution in [-0.4, -0.2) is 42.1 Å². The Morgan fingerprint density at radius 3 is 3.11 bits per heavy atom. The van der Waals surface area contributed by atoms with Gasteiger partial charge < -0.3 is 14.6 Å². The van der Waals surface area contributed by atoms with E-state index in [0.717, 1.165) is 29.2 Å². The molecule has 0 bridgehead atoms. The van der Waals surface area contributed by atoms with Crippen molar-refractivity contribution in [3.8, 4) is 5.75 Å². The quantitative estimate of drug-likeness (QED) is 0.883. The van der Waals surface area contributed by atoms with Gasteiger partial charge in [-0.25, -0.2) is 4.98 Å². The van der Waals surface area contributed by atoms with Crippen LogP contribution in [0.5, 0.6) is 5.75 Å². The number of hydrogen-bond donors (Lipinski definition) is 1. The summed E-state index contributed by atoms with van der Waals surface area (Å²) in [6.45, 7) is 2.28. The van der Waals surface area contributed by atoms with Crippen LogP contribution in [0, 0.1) is 0 Å². The van der Waals surface area contributed by atoms with Crippen molar-refractivity contribution in [2.45, 2.75) is 18.8 Å². The molecule has 4 heteroatoms. The number of imidazole rings is 1. The Morgan fingerprint density at radius 2 is 2.33 bits per heavy atom. The summed E-state index contributed by atoms with van der Waals surface area (Å²) >= 11 is 0. The van der Waals surface area contributed by atoms with Crippen molar-refractivity contribution < 1.29 is 4.74 Å². The molecule has 1 fully saturated rings. The van der Waals surface area contributed by atoms with Crippen molar-refractivity contribution in [3.05, 3.63) is 24.0 Å². The van der Waals surface area contributed by atoms with E-state index in [1.807, 2.05) is 12.1 Å². The molecule has 1 aliphatic heterocycles. The summed E-state index contributed by atoms with van der Waals surface area (Å²) in [5.74, 6) is 2.46. The predicted molar refractivity (Wildman–Crippen MR) is 72.1 cm³/mol. The van der Waals surface area contributed by atoms with Gasteiger partial charge in [-0.15, -0.1) is 0 Å². The van der Waals surface area contributed by atoms with Crippen LogP contribution < -0.4 is 4.74 Å². The number of H-pyrrole nitrogens is 1. The number of nitrogens with zero attached hydrogens (tertiary/aromatic N) is 2. The van der Waals surface area contributed by atoms with Gasteiger partial charge in [0, 0.05) is 12.5 Å². The second-order valence-electron chi connectivity index (χ2n) is 5.08. The fourth-order valence-corrected chi connectivity index (χ4v) is 2.77. The molecular weight excluding hydrogens is 226 g/mol. The molecule has 0 spiro atoms. The highest BCUT2D eigenvalue weighted by Crippen LogP contribution is 2.29. The summed E-state index contributed by atoms with van der Waals surface area (Å²) in [7, 11) is 3.87. The molecule has 0 aliphatic carbocycles. The van der Waals surface area contributed by atoms with E-state index in [2.05, 4.69) is 23.0 Å². The van der Waals surface area contributed by atoms with Gasteiger partial charge in [0.05, 0.1) is 12.6 Å². The van der Waals surface area contributed by atoms with Gasteiger partial charge in [-0.1, -0.05) is 6.07 Å². The Morgan fingerprint density at radius 1 is 1.44 bits per heavy atom. The molecular formula is C14H19N3O. The molecule has 0 radical (unpaired) electrons. The first-order valence-corrected chi connectivity index (χ1v) is 6.49. The third-order valence-corrected chi connectivity index (χ3v) is 3.73. The highest BCUT2D eigenvalue weighted by Gasteiger charge is 2.22. The van der Waals surface area contributed by atoms with Crippen LogP contribution in [0.1, 0.15) is 24.6 Å². The first kappa shape index (κ1) is 11.5. The zero-order chi connectivity index (χ0) is 12.5. The van der Waals surface area contributed by atoms with Crippen molar-refractivity contribution in [1.82, 2.24) is 14.9 Å². The zero-order valence-electron chi connectivity index (χ0n) is 10.9. The van der Waals surface area contributed by atoms with Gasteiger partial charge in [-0.05, 0) is 38.6 Å². The average Bonchev–Trinajstić information content (AvgIpc) is 2.82. The molecule has 3 rings (SSSR count).